The maximum absolute atomic E-state index is 12.7. The highest BCUT2D eigenvalue weighted by molar-refractivity contribution is 6.32. The molecule has 1 atom stereocenters. The Bertz CT molecular complexity index is 830. The van der Waals surface area contributed by atoms with Gasteiger partial charge in [0.05, 0.1) is 32.1 Å². The zero-order valence-electron chi connectivity index (χ0n) is 16.8. The van der Waals surface area contributed by atoms with E-state index >= 15 is 0 Å². The highest BCUT2D eigenvalue weighted by Gasteiger charge is 2.39. The van der Waals surface area contributed by atoms with E-state index in [1.54, 1.807) is 45.0 Å². The quantitative estimate of drug-likeness (QED) is 0.486. The first-order valence-corrected chi connectivity index (χ1v) is 9.53. The minimum Gasteiger partial charge on any atom is -0.480 e. The lowest BCUT2D eigenvalue weighted by Crippen LogP contribution is -2.37. The number of methoxy groups -OCH3 is 1. The van der Waals surface area contributed by atoms with Gasteiger partial charge in [0, 0.05) is 0 Å². The van der Waals surface area contributed by atoms with Gasteiger partial charge in [-0.05, 0) is 26.3 Å². The molecule has 9 heteroatoms. The molecule has 2 rings (SSSR count). The van der Waals surface area contributed by atoms with Gasteiger partial charge >= 0.3 is 11.9 Å². The molecule has 156 valence electrons. The topological polar surface area (TPSA) is 99.6 Å². The number of hydrogen-bond acceptors (Lipinski definition) is 8. The standard InChI is InChI=1S/C20H24ClN3O5/c1-5-28-18(25)14(19(26)29-6-2)16(13-10-8-7-9-11-13)23-20-22-12(3)15(21)17(24-20)27-4/h7-11,14,16H,5-6H2,1-4H3,(H,22,23,24). The SMILES string of the molecule is CCOC(=O)C(C(=O)OCC)C(Nc1nc(C)c(Cl)c(OC)n1)c1ccccc1. The summed E-state index contributed by atoms with van der Waals surface area (Å²) in [4.78, 5) is 33.8. The Balaban J connectivity index is 2.52. The molecule has 2 aromatic rings. The molecule has 0 aliphatic rings. The number of hydrogen-bond donors (Lipinski definition) is 1. The summed E-state index contributed by atoms with van der Waals surface area (Å²) in [6.07, 6.45) is 0. The Morgan fingerprint density at radius 1 is 1.07 bits per heavy atom. The van der Waals surface area contributed by atoms with Crippen LogP contribution in [0.25, 0.3) is 0 Å². The first kappa shape index (κ1) is 22.4. The van der Waals surface area contributed by atoms with Crippen LogP contribution in [0.5, 0.6) is 5.88 Å². The number of nitrogens with one attached hydrogen (secondary N) is 1. The monoisotopic (exact) mass is 421 g/mol. The molecule has 0 spiro atoms. The number of benzene rings is 1. The molecule has 1 aromatic carbocycles. The Labute approximate surface area is 174 Å². The number of aryl methyl sites for hydroxylation is 1. The van der Waals surface area contributed by atoms with Crippen molar-refractivity contribution in [2.45, 2.75) is 26.8 Å². The van der Waals surface area contributed by atoms with Crippen LogP contribution in [0.4, 0.5) is 5.95 Å². The summed E-state index contributed by atoms with van der Waals surface area (Å²) < 4.78 is 15.4. The molecule has 0 saturated heterocycles. The van der Waals surface area contributed by atoms with Crippen LogP contribution in [0.2, 0.25) is 5.02 Å². The van der Waals surface area contributed by atoms with Crippen molar-refractivity contribution in [2.75, 3.05) is 25.6 Å². The molecule has 0 radical (unpaired) electrons. The molecule has 8 nitrogen and oxygen atoms in total. The highest BCUT2D eigenvalue weighted by Crippen LogP contribution is 2.31. The molecule has 0 amide bonds. The Morgan fingerprint density at radius 3 is 2.17 bits per heavy atom. The summed E-state index contributed by atoms with van der Waals surface area (Å²) in [6, 6.07) is 8.15. The normalized spacial score (nSPS) is 11.7. The van der Waals surface area contributed by atoms with Gasteiger partial charge in [-0.25, -0.2) is 4.98 Å². The van der Waals surface area contributed by atoms with E-state index in [2.05, 4.69) is 15.3 Å². The van der Waals surface area contributed by atoms with Crippen LogP contribution in [0.1, 0.15) is 31.1 Å². The lowest BCUT2D eigenvalue weighted by atomic mass is 9.93. The van der Waals surface area contributed by atoms with Gasteiger partial charge in [0.1, 0.15) is 5.02 Å². The maximum Gasteiger partial charge on any atom is 0.322 e. The molecule has 1 N–H and O–H groups in total. The second-order valence-electron chi connectivity index (χ2n) is 5.97. The molecule has 29 heavy (non-hydrogen) atoms. The first-order chi connectivity index (χ1) is 13.9. The van der Waals surface area contributed by atoms with E-state index < -0.39 is 23.9 Å². The number of aromatic nitrogens is 2. The molecule has 1 aromatic heterocycles. The summed E-state index contributed by atoms with van der Waals surface area (Å²) in [6.45, 7) is 5.29. The van der Waals surface area contributed by atoms with E-state index in [1.165, 1.54) is 7.11 Å². The first-order valence-electron chi connectivity index (χ1n) is 9.15. The number of anilines is 1. The van der Waals surface area contributed by atoms with Crippen LogP contribution in [0.3, 0.4) is 0 Å². The molecule has 1 heterocycles. The van der Waals surface area contributed by atoms with Gasteiger partial charge in [0.25, 0.3) is 0 Å². The van der Waals surface area contributed by atoms with E-state index in [0.717, 1.165) is 0 Å². The van der Waals surface area contributed by atoms with Crippen molar-refractivity contribution in [3.8, 4) is 5.88 Å². The lowest BCUT2D eigenvalue weighted by Gasteiger charge is -2.26. The van der Waals surface area contributed by atoms with Crippen LogP contribution >= 0.6 is 11.6 Å². The predicted molar refractivity (Wildman–Crippen MR) is 108 cm³/mol. The Kier molecular flexibility index (Phi) is 8.21. The lowest BCUT2D eigenvalue weighted by molar-refractivity contribution is -0.162. The van der Waals surface area contributed by atoms with Crippen molar-refractivity contribution >= 4 is 29.5 Å². The van der Waals surface area contributed by atoms with Crippen LogP contribution < -0.4 is 10.1 Å². The van der Waals surface area contributed by atoms with Crippen molar-refractivity contribution in [1.82, 2.24) is 9.97 Å². The maximum atomic E-state index is 12.7. The van der Waals surface area contributed by atoms with Crippen LogP contribution in [-0.4, -0.2) is 42.2 Å². The van der Waals surface area contributed by atoms with Crippen molar-refractivity contribution < 1.29 is 23.8 Å². The smallest absolute Gasteiger partial charge is 0.322 e. The molecular weight excluding hydrogens is 398 g/mol. The van der Waals surface area contributed by atoms with Gasteiger partial charge in [-0.2, -0.15) is 4.98 Å². The number of carbonyl (C=O) groups is 2. The summed E-state index contributed by atoms with van der Waals surface area (Å²) in [5.74, 6) is -2.34. The Morgan fingerprint density at radius 2 is 1.66 bits per heavy atom. The van der Waals surface area contributed by atoms with Gasteiger partial charge in [-0.1, -0.05) is 41.9 Å². The van der Waals surface area contributed by atoms with Gasteiger partial charge < -0.3 is 19.5 Å². The zero-order valence-corrected chi connectivity index (χ0v) is 17.5. The minimum atomic E-state index is -1.26. The second-order valence-corrected chi connectivity index (χ2v) is 6.35. The predicted octanol–water partition coefficient (Wildman–Crippen LogP) is 3.34. The van der Waals surface area contributed by atoms with Crippen molar-refractivity contribution in [3.63, 3.8) is 0 Å². The fourth-order valence-electron chi connectivity index (χ4n) is 2.72. The van der Waals surface area contributed by atoms with Gasteiger partial charge in [0.15, 0.2) is 5.92 Å². The summed E-state index contributed by atoms with van der Waals surface area (Å²) in [7, 11) is 1.44. The van der Waals surface area contributed by atoms with Crippen LogP contribution in [-0.2, 0) is 19.1 Å². The second kappa shape index (κ2) is 10.6. The van der Waals surface area contributed by atoms with Crippen molar-refractivity contribution in [1.29, 1.82) is 0 Å². The molecule has 1 unspecified atom stereocenters. The number of carbonyl (C=O) groups excluding carboxylic acids is 2. The van der Waals surface area contributed by atoms with Crippen molar-refractivity contribution in [2.24, 2.45) is 5.92 Å². The van der Waals surface area contributed by atoms with Crippen LogP contribution in [0.15, 0.2) is 30.3 Å². The van der Waals surface area contributed by atoms with Gasteiger partial charge in [0.2, 0.25) is 11.8 Å². The van der Waals surface area contributed by atoms with E-state index in [4.69, 9.17) is 25.8 Å². The number of rotatable bonds is 9. The zero-order chi connectivity index (χ0) is 21.4. The van der Waals surface area contributed by atoms with Gasteiger partial charge in [-0.3, -0.25) is 9.59 Å². The molecule has 0 aliphatic heterocycles. The van der Waals surface area contributed by atoms with E-state index in [-0.39, 0.29) is 30.1 Å². The summed E-state index contributed by atoms with van der Waals surface area (Å²) in [5.41, 5.74) is 1.14. The summed E-state index contributed by atoms with van der Waals surface area (Å²) >= 11 is 6.14. The average molecular weight is 422 g/mol. The van der Waals surface area contributed by atoms with E-state index in [9.17, 15) is 9.59 Å². The largest absolute Gasteiger partial charge is 0.480 e. The van der Waals surface area contributed by atoms with Gasteiger partial charge in [-0.15, -0.1) is 0 Å². The third kappa shape index (κ3) is 5.57. The molecule has 0 aliphatic carbocycles. The highest BCUT2D eigenvalue weighted by atomic mass is 35.5. The number of nitrogens with zero attached hydrogens (tertiary/aromatic N) is 2. The van der Waals surface area contributed by atoms with E-state index in [0.29, 0.717) is 11.3 Å². The third-order valence-electron chi connectivity index (χ3n) is 4.04. The molecule has 0 fully saturated rings. The number of halogens is 1. The van der Waals surface area contributed by atoms with E-state index in [1.807, 2.05) is 6.07 Å². The average Bonchev–Trinajstić information content (AvgIpc) is 2.71. The molecular formula is C20H24ClN3O5. The minimum absolute atomic E-state index is 0.126. The number of ether oxygens (including phenoxy) is 3. The molecule has 0 bridgehead atoms. The van der Waals surface area contributed by atoms with Crippen LogP contribution in [0, 0.1) is 12.8 Å². The van der Waals surface area contributed by atoms with Crippen molar-refractivity contribution in [3.05, 3.63) is 46.6 Å². The summed E-state index contributed by atoms with van der Waals surface area (Å²) in [5, 5.41) is 3.33. The molecule has 0 saturated carbocycles. The number of esters is 2. The Hall–Kier alpha value is -2.87. The third-order valence-corrected chi connectivity index (χ3v) is 4.47. The fraction of sp³-hybridized carbons (Fsp3) is 0.400. The fourth-order valence-corrected chi connectivity index (χ4v) is 2.89.